The lowest BCUT2D eigenvalue weighted by Gasteiger charge is -2.29. The maximum absolute atomic E-state index is 12.4. The summed E-state index contributed by atoms with van der Waals surface area (Å²) in [5.41, 5.74) is 0. The van der Waals surface area contributed by atoms with Gasteiger partial charge in [-0.3, -0.25) is 0 Å². The van der Waals surface area contributed by atoms with Crippen LogP contribution in [0, 0.1) is 22.7 Å². The summed E-state index contributed by atoms with van der Waals surface area (Å²) in [6, 6.07) is 6.29. The molecule has 1 aliphatic heterocycles. The van der Waals surface area contributed by atoms with Crippen LogP contribution in [0.2, 0.25) is 0 Å². The molecular weight excluding hydrogens is 270 g/mol. The highest BCUT2D eigenvalue weighted by molar-refractivity contribution is 7.91. The number of rotatable bonds is 2. The number of nitriles is 2. The second-order valence-electron chi connectivity index (χ2n) is 3.99. The molecule has 0 radical (unpaired) electrons. The van der Waals surface area contributed by atoms with Crippen molar-refractivity contribution in [3.05, 3.63) is 17.0 Å². The van der Waals surface area contributed by atoms with Gasteiger partial charge in [0.05, 0.1) is 6.07 Å². The Morgan fingerprint density at radius 1 is 1.33 bits per heavy atom. The lowest BCUT2D eigenvalue weighted by Crippen LogP contribution is -2.42. The van der Waals surface area contributed by atoms with Crippen LogP contribution in [-0.2, 0) is 10.0 Å². The molecule has 2 rings (SSSR count). The molecule has 18 heavy (non-hydrogen) atoms. The fraction of sp³-hybridized carbons (Fsp3) is 0.455. The molecule has 1 fully saturated rings. The molecular formula is C11H11N3O2S2. The number of piperidine rings is 1. The Morgan fingerprint density at radius 3 is 2.72 bits per heavy atom. The third kappa shape index (κ3) is 2.25. The summed E-state index contributed by atoms with van der Waals surface area (Å²) in [7, 11) is -3.63. The molecule has 1 atom stereocenters. The Hall–Kier alpha value is -1.41. The molecule has 0 spiro atoms. The minimum Gasteiger partial charge on any atom is -0.206 e. The zero-order valence-corrected chi connectivity index (χ0v) is 11.2. The van der Waals surface area contributed by atoms with Crippen molar-refractivity contribution in [3.8, 4) is 12.1 Å². The normalized spacial score (nSPS) is 21.1. The van der Waals surface area contributed by atoms with Crippen LogP contribution in [-0.4, -0.2) is 25.3 Å². The summed E-state index contributed by atoms with van der Waals surface area (Å²) in [6.45, 7) is 0.375. The Balaban J connectivity index is 2.36. The second kappa shape index (κ2) is 5.07. The molecule has 0 saturated carbocycles. The molecule has 5 nitrogen and oxygen atoms in total. The van der Waals surface area contributed by atoms with Crippen LogP contribution in [0.25, 0.3) is 0 Å². The van der Waals surface area contributed by atoms with Crippen LogP contribution < -0.4 is 0 Å². The monoisotopic (exact) mass is 281 g/mol. The van der Waals surface area contributed by atoms with Crippen molar-refractivity contribution in [3.63, 3.8) is 0 Å². The number of hydrogen-bond acceptors (Lipinski definition) is 5. The summed E-state index contributed by atoms with van der Waals surface area (Å²) in [5, 5.41) is 17.7. The van der Waals surface area contributed by atoms with Crippen LogP contribution in [0.15, 0.2) is 16.3 Å². The van der Waals surface area contributed by atoms with Gasteiger partial charge >= 0.3 is 0 Å². The van der Waals surface area contributed by atoms with E-state index >= 15 is 0 Å². The van der Waals surface area contributed by atoms with Crippen molar-refractivity contribution in [2.45, 2.75) is 29.5 Å². The SMILES string of the molecule is N#Cc1ccc(S(=O)(=O)N2CCCCC2C#N)s1. The van der Waals surface area contributed by atoms with E-state index < -0.39 is 16.1 Å². The van der Waals surface area contributed by atoms with Crippen LogP contribution in [0.1, 0.15) is 24.1 Å². The second-order valence-corrected chi connectivity index (χ2v) is 7.19. The molecule has 1 unspecified atom stereocenters. The largest absolute Gasteiger partial charge is 0.253 e. The third-order valence-corrected chi connectivity index (χ3v) is 6.22. The Kier molecular flexibility index (Phi) is 3.67. The molecule has 2 heterocycles. The molecule has 0 bridgehead atoms. The highest BCUT2D eigenvalue weighted by atomic mass is 32.2. The first-order valence-corrected chi connectivity index (χ1v) is 7.76. The molecule has 1 aromatic rings. The van der Waals surface area contributed by atoms with Gasteiger partial charge in [-0.2, -0.15) is 14.8 Å². The fourth-order valence-electron chi connectivity index (χ4n) is 1.96. The topological polar surface area (TPSA) is 85.0 Å². The van der Waals surface area contributed by atoms with E-state index in [0.717, 1.165) is 24.2 Å². The predicted octanol–water partition coefficient (Wildman–Crippen LogP) is 1.69. The van der Waals surface area contributed by atoms with E-state index in [1.807, 2.05) is 12.1 Å². The van der Waals surface area contributed by atoms with Crippen LogP contribution in [0.3, 0.4) is 0 Å². The standard InChI is InChI=1S/C11H11N3O2S2/c12-7-9-3-1-2-6-14(9)18(15,16)11-5-4-10(8-13)17-11/h4-5,9H,1-3,6H2. The van der Waals surface area contributed by atoms with Crippen molar-refractivity contribution < 1.29 is 8.42 Å². The Morgan fingerprint density at radius 2 is 2.11 bits per heavy atom. The zero-order chi connectivity index (χ0) is 13.2. The first-order valence-electron chi connectivity index (χ1n) is 5.51. The first-order chi connectivity index (χ1) is 8.59. The molecule has 0 N–H and O–H groups in total. The van der Waals surface area contributed by atoms with Crippen LogP contribution >= 0.6 is 11.3 Å². The Bertz CT molecular complexity index is 621. The van der Waals surface area contributed by atoms with Crippen molar-refractivity contribution in [1.29, 1.82) is 10.5 Å². The molecule has 1 aromatic heterocycles. The van der Waals surface area contributed by atoms with Crippen molar-refractivity contribution >= 4 is 21.4 Å². The molecule has 0 aromatic carbocycles. The van der Waals surface area contributed by atoms with Gasteiger partial charge in [0.1, 0.15) is 21.2 Å². The summed E-state index contributed by atoms with van der Waals surface area (Å²) in [5.74, 6) is 0. The maximum atomic E-state index is 12.4. The highest BCUT2D eigenvalue weighted by Crippen LogP contribution is 2.29. The quantitative estimate of drug-likeness (QED) is 0.825. The third-order valence-electron chi connectivity index (χ3n) is 2.86. The number of nitrogens with zero attached hydrogens (tertiary/aromatic N) is 3. The van der Waals surface area contributed by atoms with Gasteiger partial charge in [-0.15, -0.1) is 11.3 Å². The molecule has 1 aliphatic rings. The molecule has 0 amide bonds. The van der Waals surface area contributed by atoms with Crippen molar-refractivity contribution in [2.24, 2.45) is 0 Å². The van der Waals surface area contributed by atoms with Crippen molar-refractivity contribution in [2.75, 3.05) is 6.54 Å². The number of sulfonamides is 1. The van der Waals surface area contributed by atoms with E-state index in [1.165, 1.54) is 16.4 Å². The maximum Gasteiger partial charge on any atom is 0.253 e. The van der Waals surface area contributed by atoms with Gasteiger partial charge in [-0.25, -0.2) is 8.42 Å². The van der Waals surface area contributed by atoms with Crippen molar-refractivity contribution in [1.82, 2.24) is 4.31 Å². The summed E-state index contributed by atoms with van der Waals surface area (Å²) in [6.07, 6.45) is 2.22. The lowest BCUT2D eigenvalue weighted by molar-refractivity contribution is 0.297. The molecule has 94 valence electrons. The Labute approximate surface area is 110 Å². The minimum atomic E-state index is -3.63. The number of thiophene rings is 1. The van der Waals surface area contributed by atoms with Gasteiger partial charge in [-0.1, -0.05) is 0 Å². The average Bonchev–Trinajstić information content (AvgIpc) is 2.88. The molecule has 7 heteroatoms. The van der Waals surface area contributed by atoms with Gasteiger partial charge in [0.25, 0.3) is 10.0 Å². The molecule has 0 aliphatic carbocycles. The van der Waals surface area contributed by atoms with E-state index in [-0.39, 0.29) is 4.21 Å². The highest BCUT2D eigenvalue weighted by Gasteiger charge is 2.34. The van der Waals surface area contributed by atoms with Crippen LogP contribution in [0.5, 0.6) is 0 Å². The van der Waals surface area contributed by atoms with E-state index in [4.69, 9.17) is 10.5 Å². The summed E-state index contributed by atoms with van der Waals surface area (Å²) < 4.78 is 26.1. The van der Waals surface area contributed by atoms with Gasteiger partial charge in [0.2, 0.25) is 0 Å². The van der Waals surface area contributed by atoms with E-state index in [9.17, 15) is 8.42 Å². The van der Waals surface area contributed by atoms with Gasteiger partial charge < -0.3 is 0 Å². The fourth-order valence-corrected chi connectivity index (χ4v) is 4.80. The van der Waals surface area contributed by atoms with E-state index in [2.05, 4.69) is 0 Å². The van der Waals surface area contributed by atoms with E-state index in [0.29, 0.717) is 17.8 Å². The summed E-state index contributed by atoms with van der Waals surface area (Å²) >= 11 is 0.946. The smallest absolute Gasteiger partial charge is 0.206 e. The molecule has 1 saturated heterocycles. The average molecular weight is 281 g/mol. The van der Waals surface area contributed by atoms with E-state index in [1.54, 1.807) is 0 Å². The minimum absolute atomic E-state index is 0.140. The lowest BCUT2D eigenvalue weighted by atomic mass is 10.1. The van der Waals surface area contributed by atoms with Crippen LogP contribution in [0.4, 0.5) is 0 Å². The van der Waals surface area contributed by atoms with Gasteiger partial charge in [-0.05, 0) is 31.4 Å². The zero-order valence-electron chi connectivity index (χ0n) is 9.54. The van der Waals surface area contributed by atoms with Gasteiger partial charge in [0, 0.05) is 6.54 Å². The number of hydrogen-bond donors (Lipinski definition) is 0. The van der Waals surface area contributed by atoms with Gasteiger partial charge in [0.15, 0.2) is 0 Å². The predicted molar refractivity (Wildman–Crippen MR) is 66.2 cm³/mol. The first kappa shape index (κ1) is 13.0. The summed E-state index contributed by atoms with van der Waals surface area (Å²) in [4.78, 5) is 0.360.